The number of pyridine rings is 1. The van der Waals surface area contributed by atoms with Gasteiger partial charge in [0.1, 0.15) is 5.82 Å². The summed E-state index contributed by atoms with van der Waals surface area (Å²) in [5.41, 5.74) is 1.62. The molecule has 0 spiro atoms. The van der Waals surface area contributed by atoms with Crippen LogP contribution in [0.1, 0.15) is 18.2 Å². The van der Waals surface area contributed by atoms with E-state index in [1.165, 1.54) is 18.2 Å². The molecule has 0 fully saturated rings. The highest BCUT2D eigenvalue weighted by Gasteiger charge is 2.11. The number of aromatic nitrogens is 1. The number of rotatable bonds is 9. The SMILES string of the molecule is CCNC(=NCCS(=O)(=O)Nc1ccc(C)c(F)c1)NCCc1ccccn1.I. The first-order valence-electron chi connectivity index (χ1n) is 9.08. The van der Waals surface area contributed by atoms with Crippen molar-refractivity contribution in [3.8, 4) is 0 Å². The minimum atomic E-state index is -3.63. The fraction of sp³-hybridized carbons (Fsp3) is 0.368. The van der Waals surface area contributed by atoms with Crippen molar-refractivity contribution in [1.82, 2.24) is 15.6 Å². The summed E-state index contributed by atoms with van der Waals surface area (Å²) in [4.78, 5) is 8.54. The smallest absolute Gasteiger partial charge is 0.234 e. The molecule has 0 aliphatic heterocycles. The number of benzene rings is 1. The molecule has 0 amide bonds. The van der Waals surface area contributed by atoms with Gasteiger partial charge in [0.05, 0.1) is 18.0 Å². The maximum absolute atomic E-state index is 13.6. The van der Waals surface area contributed by atoms with Gasteiger partial charge in [-0.1, -0.05) is 12.1 Å². The standard InChI is InChI=1S/C19H26FN5O2S.HI/c1-3-21-19(23-11-9-16-6-4-5-10-22-16)24-12-13-28(26,27)25-17-8-7-15(2)18(20)14-17;/h4-8,10,14,25H,3,9,11-13H2,1-2H3,(H2,21,23,24);1H. The second-order valence-corrected chi connectivity index (χ2v) is 7.99. The summed E-state index contributed by atoms with van der Waals surface area (Å²) in [7, 11) is -3.63. The molecule has 2 aromatic rings. The third kappa shape index (κ3) is 9.39. The highest BCUT2D eigenvalue weighted by atomic mass is 127. The van der Waals surface area contributed by atoms with E-state index in [9.17, 15) is 12.8 Å². The Bertz CT molecular complexity index is 895. The number of guanidine groups is 1. The van der Waals surface area contributed by atoms with Gasteiger partial charge in [0, 0.05) is 31.4 Å². The Morgan fingerprint density at radius 3 is 2.66 bits per heavy atom. The lowest BCUT2D eigenvalue weighted by molar-refractivity contribution is 0.600. The number of nitrogens with one attached hydrogen (secondary N) is 3. The number of aliphatic imine (C=N–C) groups is 1. The van der Waals surface area contributed by atoms with Gasteiger partial charge in [-0.05, 0) is 43.7 Å². The third-order valence-corrected chi connectivity index (χ3v) is 5.09. The van der Waals surface area contributed by atoms with Crippen LogP contribution in [0.2, 0.25) is 0 Å². The van der Waals surface area contributed by atoms with Gasteiger partial charge in [-0.25, -0.2) is 12.8 Å². The lowest BCUT2D eigenvalue weighted by Crippen LogP contribution is -2.38. The molecule has 0 unspecified atom stereocenters. The Morgan fingerprint density at radius 2 is 2.00 bits per heavy atom. The van der Waals surface area contributed by atoms with Crippen molar-refractivity contribution in [1.29, 1.82) is 0 Å². The minimum Gasteiger partial charge on any atom is -0.357 e. The second-order valence-electron chi connectivity index (χ2n) is 6.14. The van der Waals surface area contributed by atoms with E-state index in [4.69, 9.17) is 0 Å². The van der Waals surface area contributed by atoms with Gasteiger partial charge in [0.25, 0.3) is 0 Å². The topological polar surface area (TPSA) is 95.5 Å². The highest BCUT2D eigenvalue weighted by Crippen LogP contribution is 2.14. The van der Waals surface area contributed by atoms with Gasteiger partial charge in [-0.2, -0.15) is 0 Å². The van der Waals surface area contributed by atoms with E-state index in [1.54, 1.807) is 13.1 Å². The van der Waals surface area contributed by atoms with Gasteiger partial charge in [-0.3, -0.25) is 14.7 Å². The number of anilines is 1. The third-order valence-electron chi connectivity index (χ3n) is 3.82. The van der Waals surface area contributed by atoms with Crippen LogP contribution in [-0.2, 0) is 16.4 Å². The number of sulfonamides is 1. The van der Waals surface area contributed by atoms with Crippen LogP contribution in [-0.4, -0.2) is 44.7 Å². The quantitative estimate of drug-likeness (QED) is 0.261. The average molecular weight is 535 g/mol. The number of hydrogen-bond acceptors (Lipinski definition) is 4. The molecule has 0 aliphatic carbocycles. The summed E-state index contributed by atoms with van der Waals surface area (Å²) in [6, 6.07) is 9.96. The molecular weight excluding hydrogens is 508 g/mol. The van der Waals surface area contributed by atoms with Crippen molar-refractivity contribution in [3.05, 3.63) is 59.7 Å². The van der Waals surface area contributed by atoms with Crippen molar-refractivity contribution < 1.29 is 12.8 Å². The molecule has 0 aliphatic rings. The predicted molar refractivity (Wildman–Crippen MR) is 126 cm³/mol. The molecule has 1 heterocycles. The fourth-order valence-electron chi connectivity index (χ4n) is 2.36. The van der Waals surface area contributed by atoms with E-state index in [0.29, 0.717) is 24.6 Å². The first-order valence-corrected chi connectivity index (χ1v) is 10.7. The summed E-state index contributed by atoms with van der Waals surface area (Å²) < 4.78 is 40.3. The van der Waals surface area contributed by atoms with E-state index >= 15 is 0 Å². The largest absolute Gasteiger partial charge is 0.357 e. The molecule has 0 radical (unpaired) electrons. The molecule has 0 saturated carbocycles. The summed E-state index contributed by atoms with van der Waals surface area (Å²) in [5, 5.41) is 6.23. The monoisotopic (exact) mass is 535 g/mol. The molecule has 10 heteroatoms. The molecule has 0 bridgehead atoms. The maximum atomic E-state index is 13.6. The zero-order valence-electron chi connectivity index (χ0n) is 16.5. The Hall–Kier alpha value is -1.95. The van der Waals surface area contributed by atoms with Gasteiger partial charge < -0.3 is 10.6 Å². The molecule has 1 aromatic heterocycles. The molecule has 3 N–H and O–H groups in total. The number of halogens is 2. The van der Waals surface area contributed by atoms with Crippen molar-refractivity contribution in [2.45, 2.75) is 20.3 Å². The summed E-state index contributed by atoms with van der Waals surface area (Å²) in [6.45, 7) is 4.90. The van der Waals surface area contributed by atoms with Gasteiger partial charge in [0.2, 0.25) is 10.0 Å². The molecule has 160 valence electrons. The van der Waals surface area contributed by atoms with Crippen LogP contribution < -0.4 is 15.4 Å². The zero-order chi connectivity index (χ0) is 20.4. The van der Waals surface area contributed by atoms with Crippen molar-refractivity contribution in [2.75, 3.05) is 30.1 Å². The Balaban J connectivity index is 0.00000420. The van der Waals surface area contributed by atoms with Crippen LogP contribution in [0.5, 0.6) is 0 Å². The van der Waals surface area contributed by atoms with E-state index in [1.807, 2.05) is 25.1 Å². The molecule has 2 rings (SSSR count). The molecule has 1 aromatic carbocycles. The van der Waals surface area contributed by atoms with E-state index in [0.717, 1.165) is 12.1 Å². The Labute approximate surface area is 188 Å². The number of nitrogens with zero attached hydrogens (tertiary/aromatic N) is 2. The van der Waals surface area contributed by atoms with E-state index in [2.05, 4.69) is 25.3 Å². The lowest BCUT2D eigenvalue weighted by atomic mass is 10.2. The maximum Gasteiger partial charge on any atom is 0.234 e. The normalized spacial score (nSPS) is 11.5. The minimum absolute atomic E-state index is 0. The molecule has 7 nitrogen and oxygen atoms in total. The van der Waals surface area contributed by atoms with Crippen LogP contribution in [0, 0.1) is 12.7 Å². The molecular formula is C19H27FIN5O2S. The second kappa shape index (κ2) is 12.6. The molecule has 0 saturated heterocycles. The van der Waals surface area contributed by atoms with Gasteiger partial charge >= 0.3 is 0 Å². The summed E-state index contributed by atoms with van der Waals surface area (Å²) in [6.07, 6.45) is 2.47. The predicted octanol–water partition coefficient (Wildman–Crippen LogP) is 2.69. The zero-order valence-corrected chi connectivity index (χ0v) is 19.6. The van der Waals surface area contributed by atoms with Crippen LogP contribution in [0.25, 0.3) is 0 Å². The van der Waals surface area contributed by atoms with Crippen LogP contribution in [0.3, 0.4) is 0 Å². The summed E-state index contributed by atoms with van der Waals surface area (Å²) in [5.74, 6) is -0.126. The first kappa shape index (κ1) is 25.1. The summed E-state index contributed by atoms with van der Waals surface area (Å²) >= 11 is 0. The molecule has 29 heavy (non-hydrogen) atoms. The van der Waals surface area contributed by atoms with E-state index in [-0.39, 0.29) is 42.0 Å². The van der Waals surface area contributed by atoms with Crippen LogP contribution in [0.4, 0.5) is 10.1 Å². The van der Waals surface area contributed by atoms with Crippen LogP contribution in [0.15, 0.2) is 47.6 Å². The fourth-order valence-corrected chi connectivity index (χ4v) is 3.28. The van der Waals surface area contributed by atoms with E-state index < -0.39 is 15.8 Å². The highest BCUT2D eigenvalue weighted by molar-refractivity contribution is 14.0. The van der Waals surface area contributed by atoms with Crippen LogP contribution >= 0.6 is 24.0 Å². The first-order chi connectivity index (χ1) is 13.4. The Kier molecular flexibility index (Phi) is 10.9. The average Bonchev–Trinajstić information content (AvgIpc) is 2.65. The number of aryl methyl sites for hydroxylation is 1. The van der Waals surface area contributed by atoms with Crippen molar-refractivity contribution >= 4 is 45.6 Å². The van der Waals surface area contributed by atoms with Gasteiger partial charge in [-0.15, -0.1) is 24.0 Å². The van der Waals surface area contributed by atoms with Crippen molar-refractivity contribution in [3.63, 3.8) is 0 Å². The molecule has 0 atom stereocenters. The number of hydrogen-bond donors (Lipinski definition) is 3. The van der Waals surface area contributed by atoms with Gasteiger partial charge in [0.15, 0.2) is 5.96 Å². The lowest BCUT2D eigenvalue weighted by Gasteiger charge is -2.11. The Morgan fingerprint density at radius 1 is 1.21 bits per heavy atom. The van der Waals surface area contributed by atoms with Crippen molar-refractivity contribution in [2.24, 2.45) is 4.99 Å².